The van der Waals surface area contributed by atoms with Gasteiger partial charge >= 0.3 is 0 Å². The Hall–Kier alpha value is -4.50. The number of halogens is 1. The van der Waals surface area contributed by atoms with Crippen molar-refractivity contribution in [1.82, 2.24) is 4.57 Å². The van der Waals surface area contributed by atoms with Gasteiger partial charge in [-0.3, -0.25) is 9.59 Å². The number of aromatic nitrogens is 2. The first-order valence-electron chi connectivity index (χ1n) is 13.0. The largest absolute Gasteiger partial charge is 1.00 e. The molecule has 1 aliphatic rings. The molecule has 1 aliphatic carbocycles. The summed E-state index contributed by atoms with van der Waals surface area (Å²) in [6, 6.07) is 18.5. The van der Waals surface area contributed by atoms with Crippen LogP contribution in [-0.4, -0.2) is 36.3 Å². The van der Waals surface area contributed by atoms with E-state index in [1.807, 2.05) is 72.0 Å². The zero-order valence-corrected chi connectivity index (χ0v) is 23.5. The second kappa shape index (κ2) is 12.6. The minimum Gasteiger partial charge on any atom is -1.00 e. The van der Waals surface area contributed by atoms with E-state index in [1.54, 1.807) is 31.3 Å². The fraction of sp³-hybridized carbons (Fsp3) is 0.233. The van der Waals surface area contributed by atoms with E-state index in [0.717, 1.165) is 30.2 Å². The van der Waals surface area contributed by atoms with E-state index in [-0.39, 0.29) is 24.0 Å². The summed E-state index contributed by atoms with van der Waals surface area (Å²) < 4.78 is 4.06. The normalized spacial score (nSPS) is 12.1. The third-order valence-electron chi connectivity index (χ3n) is 6.94. The van der Waals surface area contributed by atoms with Gasteiger partial charge in [-0.15, -0.1) is 0 Å². The molecule has 9 nitrogen and oxygen atoms in total. The van der Waals surface area contributed by atoms with Crippen LogP contribution in [0.15, 0.2) is 83.3 Å². The predicted octanol–water partition coefficient (Wildman–Crippen LogP) is 1.87. The first-order chi connectivity index (χ1) is 19.0. The summed E-state index contributed by atoms with van der Waals surface area (Å²) in [6.45, 7) is 1.90. The predicted molar refractivity (Wildman–Crippen MR) is 152 cm³/mol. The minimum atomic E-state index is -0.133. The van der Waals surface area contributed by atoms with Crippen molar-refractivity contribution in [3.8, 4) is 0 Å². The van der Waals surface area contributed by atoms with Crippen LogP contribution >= 0.6 is 0 Å². The molecule has 5 rings (SSSR count). The zero-order valence-electron chi connectivity index (χ0n) is 22.7. The van der Waals surface area contributed by atoms with Gasteiger partial charge in [0.1, 0.15) is 12.4 Å². The summed E-state index contributed by atoms with van der Waals surface area (Å²) in [5.74, 6) is 0.810. The third-order valence-corrected chi connectivity index (χ3v) is 6.94. The smallest absolute Gasteiger partial charge is 0.279 e. The molecule has 1 aromatic heterocycles. The molecular formula is C30H32ClN7O2. The minimum absolute atomic E-state index is 0. The van der Waals surface area contributed by atoms with Gasteiger partial charge in [-0.2, -0.15) is 10.2 Å². The fourth-order valence-electron chi connectivity index (χ4n) is 4.79. The molecule has 206 valence electrons. The van der Waals surface area contributed by atoms with Crippen LogP contribution in [0.3, 0.4) is 0 Å². The highest BCUT2D eigenvalue weighted by Gasteiger charge is 2.33. The number of benzene rings is 3. The first kappa shape index (κ1) is 28.5. The summed E-state index contributed by atoms with van der Waals surface area (Å²) in [5.41, 5.74) is 4.89. The molecule has 0 saturated carbocycles. The molecule has 1 heterocycles. The average molecular weight is 558 g/mol. The van der Waals surface area contributed by atoms with Gasteiger partial charge in [0.05, 0.1) is 30.9 Å². The number of aryl methyl sites for hydroxylation is 2. The first-order valence-corrected chi connectivity index (χ1v) is 13.0. The Morgan fingerprint density at radius 2 is 1.48 bits per heavy atom. The Labute approximate surface area is 239 Å². The van der Waals surface area contributed by atoms with Crippen LogP contribution in [0.5, 0.6) is 0 Å². The van der Waals surface area contributed by atoms with E-state index < -0.39 is 0 Å². The lowest BCUT2D eigenvalue weighted by molar-refractivity contribution is -0.678. The van der Waals surface area contributed by atoms with Crippen LogP contribution in [0.25, 0.3) is 0 Å². The Kier molecular flexibility index (Phi) is 8.96. The van der Waals surface area contributed by atoms with Crippen LogP contribution in [0.4, 0.5) is 22.7 Å². The Morgan fingerprint density at radius 3 is 2.10 bits per heavy atom. The zero-order chi connectivity index (χ0) is 27.4. The molecule has 3 aromatic carbocycles. The standard InChI is InChI=1S/C30H31N7O2.ClH/c1-31-24-13-14-25(28-27(24)29(38)22-7-4-5-8-23(22)30(28)39)33-16-6-15-32-20-9-11-21(12-10-20)35-34-19-26-36(2)17-18-37(26)3;/h4-5,7-14,17-18H,6,15-16,19H2,1-3H3,(H2-,31,32,33,34,35,38,39);1H. The lowest BCUT2D eigenvalue weighted by Gasteiger charge is -2.23. The number of carbonyl (C=O) groups excluding carboxylic acids is 2. The van der Waals surface area contributed by atoms with E-state index in [2.05, 4.69) is 26.2 Å². The molecular weight excluding hydrogens is 526 g/mol. The van der Waals surface area contributed by atoms with E-state index in [9.17, 15) is 9.59 Å². The summed E-state index contributed by atoms with van der Waals surface area (Å²) in [5, 5.41) is 18.5. The molecule has 0 saturated heterocycles. The van der Waals surface area contributed by atoms with Crippen molar-refractivity contribution < 1.29 is 26.6 Å². The number of rotatable bonds is 10. The van der Waals surface area contributed by atoms with Crippen molar-refractivity contribution in [2.45, 2.75) is 13.0 Å². The van der Waals surface area contributed by atoms with Gasteiger partial charge in [-0.1, -0.05) is 24.3 Å². The second-order valence-electron chi connectivity index (χ2n) is 9.45. The van der Waals surface area contributed by atoms with Crippen LogP contribution in [0, 0.1) is 0 Å². The molecule has 0 amide bonds. The molecule has 0 spiro atoms. The number of imidazole rings is 1. The van der Waals surface area contributed by atoms with E-state index in [0.29, 0.717) is 46.7 Å². The molecule has 10 heteroatoms. The number of nitrogens with zero attached hydrogens (tertiary/aromatic N) is 4. The van der Waals surface area contributed by atoms with E-state index in [1.165, 1.54) is 0 Å². The molecule has 0 unspecified atom stereocenters. The van der Waals surface area contributed by atoms with Gasteiger partial charge < -0.3 is 28.4 Å². The summed E-state index contributed by atoms with van der Waals surface area (Å²) in [4.78, 5) is 26.6. The number of hydrogen-bond acceptors (Lipinski definition) is 7. The molecule has 4 aromatic rings. The maximum atomic E-state index is 13.4. The van der Waals surface area contributed by atoms with Crippen molar-refractivity contribution in [3.05, 3.63) is 101 Å². The van der Waals surface area contributed by atoms with Crippen molar-refractivity contribution in [3.63, 3.8) is 0 Å². The lowest BCUT2D eigenvalue weighted by atomic mass is 9.82. The van der Waals surface area contributed by atoms with Crippen molar-refractivity contribution in [2.24, 2.45) is 24.3 Å². The van der Waals surface area contributed by atoms with Crippen LogP contribution in [0.1, 0.15) is 44.1 Å². The van der Waals surface area contributed by atoms with Gasteiger partial charge in [0.25, 0.3) is 5.82 Å². The van der Waals surface area contributed by atoms with Gasteiger partial charge in [-0.05, 0) is 42.8 Å². The SMILES string of the molecule is CNc1ccc(NCCCNc2ccc(N=NCc3n(C)cc[n+]3C)cc2)c2c1C(=O)c1ccccc1C2=O.[Cl-]. The summed E-state index contributed by atoms with van der Waals surface area (Å²) >= 11 is 0. The molecule has 3 N–H and O–H groups in total. The number of fused-ring (bicyclic) bond motifs is 2. The molecule has 0 atom stereocenters. The maximum absolute atomic E-state index is 13.4. The van der Waals surface area contributed by atoms with Crippen molar-refractivity contribution >= 4 is 34.3 Å². The number of hydrogen-bond donors (Lipinski definition) is 3. The van der Waals surface area contributed by atoms with Gasteiger partial charge in [0.2, 0.25) is 0 Å². The highest BCUT2D eigenvalue weighted by Crippen LogP contribution is 2.36. The topological polar surface area (TPSA) is 104 Å². The Bertz CT molecular complexity index is 1540. The highest BCUT2D eigenvalue weighted by molar-refractivity contribution is 6.31. The molecule has 0 aliphatic heterocycles. The Balaban J connectivity index is 0.00000370. The maximum Gasteiger partial charge on any atom is 0.279 e. The molecule has 0 bridgehead atoms. The van der Waals surface area contributed by atoms with Crippen LogP contribution in [0.2, 0.25) is 0 Å². The number of azo groups is 1. The van der Waals surface area contributed by atoms with Crippen molar-refractivity contribution in [1.29, 1.82) is 0 Å². The Morgan fingerprint density at radius 1 is 0.850 bits per heavy atom. The fourth-order valence-corrected chi connectivity index (χ4v) is 4.79. The van der Waals surface area contributed by atoms with Crippen LogP contribution in [-0.2, 0) is 20.6 Å². The van der Waals surface area contributed by atoms with Gasteiger partial charge in [-0.25, -0.2) is 9.13 Å². The van der Waals surface area contributed by atoms with Gasteiger partial charge in [0.15, 0.2) is 18.1 Å². The summed E-state index contributed by atoms with van der Waals surface area (Å²) in [7, 11) is 5.74. The average Bonchev–Trinajstić information content (AvgIpc) is 3.28. The highest BCUT2D eigenvalue weighted by atomic mass is 35.5. The molecule has 0 radical (unpaired) electrons. The monoisotopic (exact) mass is 557 g/mol. The summed E-state index contributed by atoms with van der Waals surface area (Å²) in [6.07, 6.45) is 4.80. The quantitative estimate of drug-likeness (QED) is 0.138. The van der Waals surface area contributed by atoms with E-state index in [4.69, 9.17) is 0 Å². The number of nitrogens with one attached hydrogen (secondary N) is 3. The van der Waals surface area contributed by atoms with Crippen LogP contribution < -0.4 is 32.9 Å². The van der Waals surface area contributed by atoms with Gasteiger partial charge in [0, 0.05) is 48.3 Å². The number of carbonyl (C=O) groups is 2. The third kappa shape index (κ3) is 5.74. The molecule has 0 fully saturated rings. The number of anilines is 3. The van der Waals surface area contributed by atoms with Crippen molar-refractivity contribution in [2.75, 3.05) is 36.1 Å². The number of ketones is 2. The van der Waals surface area contributed by atoms with E-state index >= 15 is 0 Å². The lowest BCUT2D eigenvalue weighted by Crippen LogP contribution is -3.00. The molecule has 40 heavy (non-hydrogen) atoms. The second-order valence-corrected chi connectivity index (χ2v) is 9.45.